The Labute approximate surface area is 72.6 Å². The Morgan fingerprint density at radius 1 is 0.750 bits per heavy atom. The molecule has 0 radical (unpaired) electrons. The van der Waals surface area contributed by atoms with Gasteiger partial charge in [-0.3, -0.25) is 0 Å². The molecule has 2 heteroatoms. The summed E-state index contributed by atoms with van der Waals surface area (Å²) in [6, 6.07) is 0. The molecule has 2 N–H and O–H groups in total. The molecule has 4 saturated carbocycles. The van der Waals surface area contributed by atoms with Gasteiger partial charge in [-0.2, -0.15) is 0 Å². The molecule has 4 aliphatic carbocycles. The van der Waals surface area contributed by atoms with Gasteiger partial charge in [0.15, 0.2) is 0 Å². The van der Waals surface area contributed by atoms with Crippen molar-refractivity contribution in [2.24, 2.45) is 23.7 Å². The molecule has 4 rings (SSSR count). The molecule has 0 spiro atoms. The molecule has 0 heterocycles. The van der Waals surface area contributed by atoms with Crippen LogP contribution in [0.25, 0.3) is 0 Å². The summed E-state index contributed by atoms with van der Waals surface area (Å²) < 4.78 is 0. The van der Waals surface area contributed by atoms with Crippen LogP contribution in [0.1, 0.15) is 25.7 Å². The number of rotatable bonds is 0. The largest absolute Gasteiger partial charge is 0.392 e. The number of hydrogen-bond acceptors (Lipinski definition) is 2. The van der Waals surface area contributed by atoms with Gasteiger partial charge < -0.3 is 10.2 Å². The van der Waals surface area contributed by atoms with Crippen molar-refractivity contribution in [3.05, 3.63) is 0 Å². The van der Waals surface area contributed by atoms with Crippen molar-refractivity contribution in [1.29, 1.82) is 0 Å². The molecular weight excluding hydrogens is 152 g/mol. The molecule has 12 heavy (non-hydrogen) atoms. The summed E-state index contributed by atoms with van der Waals surface area (Å²) in [6.45, 7) is 0. The Bertz CT molecular complexity index is 186. The molecule has 0 saturated heterocycles. The van der Waals surface area contributed by atoms with Crippen molar-refractivity contribution < 1.29 is 10.2 Å². The summed E-state index contributed by atoms with van der Waals surface area (Å²) in [6.07, 6.45) is 4.23. The zero-order chi connectivity index (χ0) is 8.29. The minimum absolute atomic E-state index is 0.187. The van der Waals surface area contributed by atoms with Crippen LogP contribution < -0.4 is 0 Å². The summed E-state index contributed by atoms with van der Waals surface area (Å²) >= 11 is 0. The van der Waals surface area contributed by atoms with Crippen LogP contribution in [-0.4, -0.2) is 22.4 Å². The van der Waals surface area contributed by atoms with Crippen LogP contribution in [0.5, 0.6) is 0 Å². The van der Waals surface area contributed by atoms with E-state index in [-0.39, 0.29) is 18.1 Å². The van der Waals surface area contributed by atoms with Crippen LogP contribution >= 0.6 is 0 Å². The first-order valence-electron chi connectivity index (χ1n) is 5.12. The van der Waals surface area contributed by atoms with Gasteiger partial charge in [-0.25, -0.2) is 0 Å². The predicted octanol–water partition coefficient (Wildman–Crippen LogP) is 0.774. The van der Waals surface area contributed by atoms with Gasteiger partial charge in [0.25, 0.3) is 0 Å². The molecule has 0 aromatic heterocycles. The first-order chi connectivity index (χ1) is 5.75. The van der Waals surface area contributed by atoms with Crippen LogP contribution in [-0.2, 0) is 0 Å². The molecule has 4 fully saturated rings. The lowest BCUT2D eigenvalue weighted by Crippen LogP contribution is -2.55. The quantitative estimate of drug-likeness (QED) is 0.561. The Balaban J connectivity index is 1.93. The highest BCUT2D eigenvalue weighted by molar-refractivity contribution is 5.02. The maximum absolute atomic E-state index is 9.84. The summed E-state index contributed by atoms with van der Waals surface area (Å²) in [7, 11) is 0. The molecular formula is C10H16O2. The third-order valence-corrected chi connectivity index (χ3v) is 4.33. The van der Waals surface area contributed by atoms with Crippen molar-refractivity contribution >= 4 is 0 Å². The van der Waals surface area contributed by atoms with Gasteiger partial charge in [-0.05, 0) is 43.4 Å². The topological polar surface area (TPSA) is 40.5 Å². The normalized spacial score (nSPS) is 62.5. The van der Waals surface area contributed by atoms with E-state index in [9.17, 15) is 10.2 Å². The Morgan fingerprint density at radius 3 is 1.92 bits per heavy atom. The van der Waals surface area contributed by atoms with E-state index in [1.54, 1.807) is 0 Å². The predicted molar refractivity (Wildman–Crippen MR) is 44.4 cm³/mol. The molecule has 2 nitrogen and oxygen atoms in total. The second-order valence-electron chi connectivity index (χ2n) is 4.97. The van der Waals surface area contributed by atoms with E-state index in [1.165, 1.54) is 12.8 Å². The van der Waals surface area contributed by atoms with E-state index >= 15 is 0 Å². The zero-order valence-corrected chi connectivity index (χ0v) is 7.19. The summed E-state index contributed by atoms with van der Waals surface area (Å²) in [5.74, 6) is 2.10. The van der Waals surface area contributed by atoms with Gasteiger partial charge in [-0.15, -0.1) is 0 Å². The fraction of sp³-hybridized carbons (Fsp3) is 1.00. The third-order valence-electron chi connectivity index (χ3n) is 4.33. The van der Waals surface area contributed by atoms with Crippen LogP contribution in [0.2, 0.25) is 0 Å². The maximum atomic E-state index is 9.84. The minimum Gasteiger partial charge on any atom is -0.392 e. The molecule has 0 amide bonds. The summed E-state index contributed by atoms with van der Waals surface area (Å²) in [4.78, 5) is 0. The van der Waals surface area contributed by atoms with Crippen LogP contribution in [0, 0.1) is 23.7 Å². The Hall–Kier alpha value is -0.0800. The van der Waals surface area contributed by atoms with Gasteiger partial charge in [0, 0.05) is 5.92 Å². The monoisotopic (exact) mass is 168 g/mol. The fourth-order valence-electron chi connectivity index (χ4n) is 3.85. The first kappa shape index (κ1) is 7.34. The highest BCUT2D eigenvalue weighted by atomic mass is 16.3. The highest BCUT2D eigenvalue weighted by Gasteiger charge is 2.52. The number of hydrogen-bond donors (Lipinski definition) is 2. The molecule has 4 atom stereocenters. The smallest absolute Gasteiger partial charge is 0.0621 e. The van der Waals surface area contributed by atoms with E-state index < -0.39 is 0 Å². The van der Waals surface area contributed by atoms with E-state index in [1.807, 2.05) is 0 Å². The summed E-state index contributed by atoms with van der Waals surface area (Å²) in [5.41, 5.74) is 0. The molecule has 0 aromatic carbocycles. The standard InChI is InChI=1S/C10H16O2/c11-9-6-1-5-2-7(4-6)10(12)8(9)3-5/h5-12H,1-4H2/t5?,6-,7-,8?,9+,10+/m0/s1. The molecule has 4 bridgehead atoms. The van der Waals surface area contributed by atoms with E-state index in [0.29, 0.717) is 11.8 Å². The Kier molecular flexibility index (Phi) is 1.37. The average molecular weight is 168 g/mol. The van der Waals surface area contributed by atoms with Crippen molar-refractivity contribution in [2.45, 2.75) is 37.9 Å². The van der Waals surface area contributed by atoms with E-state index in [2.05, 4.69) is 0 Å². The number of aliphatic hydroxyl groups is 2. The van der Waals surface area contributed by atoms with Crippen molar-refractivity contribution in [3.63, 3.8) is 0 Å². The zero-order valence-electron chi connectivity index (χ0n) is 7.19. The van der Waals surface area contributed by atoms with Gasteiger partial charge in [-0.1, -0.05) is 0 Å². The third kappa shape index (κ3) is 0.775. The van der Waals surface area contributed by atoms with Gasteiger partial charge in [0.05, 0.1) is 12.2 Å². The molecule has 0 aromatic rings. The SMILES string of the molecule is O[C@H]1C2CC3C[C@H]1C[C@H](C3)[C@H]2O. The average Bonchev–Trinajstić information content (AvgIpc) is 2.07. The lowest BCUT2D eigenvalue weighted by molar-refractivity contribution is -0.161. The van der Waals surface area contributed by atoms with Gasteiger partial charge >= 0.3 is 0 Å². The Morgan fingerprint density at radius 2 is 1.33 bits per heavy atom. The second-order valence-corrected chi connectivity index (χ2v) is 4.97. The van der Waals surface area contributed by atoms with Crippen LogP contribution in [0.4, 0.5) is 0 Å². The van der Waals surface area contributed by atoms with Crippen molar-refractivity contribution in [1.82, 2.24) is 0 Å². The first-order valence-corrected chi connectivity index (χ1v) is 5.12. The molecule has 68 valence electrons. The van der Waals surface area contributed by atoms with Crippen LogP contribution in [0.3, 0.4) is 0 Å². The number of aliphatic hydroxyl groups excluding tert-OH is 2. The van der Waals surface area contributed by atoms with E-state index in [0.717, 1.165) is 18.8 Å². The van der Waals surface area contributed by atoms with Crippen molar-refractivity contribution in [3.8, 4) is 0 Å². The van der Waals surface area contributed by atoms with Gasteiger partial charge in [0.2, 0.25) is 0 Å². The highest BCUT2D eigenvalue weighted by Crippen LogP contribution is 2.53. The lowest BCUT2D eigenvalue weighted by Gasteiger charge is -2.55. The second kappa shape index (κ2) is 2.24. The fourth-order valence-corrected chi connectivity index (χ4v) is 3.85. The minimum atomic E-state index is -0.187. The summed E-state index contributed by atoms with van der Waals surface area (Å²) in [5, 5.41) is 19.7. The maximum Gasteiger partial charge on any atom is 0.0621 e. The van der Waals surface area contributed by atoms with E-state index in [4.69, 9.17) is 0 Å². The molecule has 4 aliphatic rings. The molecule has 0 aliphatic heterocycles. The molecule has 0 unspecified atom stereocenters. The van der Waals surface area contributed by atoms with Crippen molar-refractivity contribution in [2.75, 3.05) is 0 Å². The lowest BCUT2D eigenvalue weighted by atomic mass is 9.54. The van der Waals surface area contributed by atoms with Gasteiger partial charge in [0.1, 0.15) is 0 Å². The van der Waals surface area contributed by atoms with Crippen LogP contribution in [0.15, 0.2) is 0 Å².